The first kappa shape index (κ1) is 18.2. The Kier molecular flexibility index (Phi) is 6.69. The smallest absolute Gasteiger partial charge is 0.233 e. The Hall–Kier alpha value is -1.60. The number of thioether (sulfide) groups is 1. The highest BCUT2D eigenvalue weighted by Crippen LogP contribution is 2.30. The van der Waals surface area contributed by atoms with E-state index in [1.54, 1.807) is 0 Å². The van der Waals surface area contributed by atoms with Gasteiger partial charge in [0.05, 0.1) is 5.25 Å². The van der Waals surface area contributed by atoms with Gasteiger partial charge in [-0.3, -0.25) is 4.79 Å². The predicted molar refractivity (Wildman–Crippen MR) is 104 cm³/mol. The molecule has 1 aliphatic rings. The lowest BCUT2D eigenvalue weighted by Crippen LogP contribution is -2.30. The molecule has 2 aromatic rings. The van der Waals surface area contributed by atoms with Crippen LogP contribution in [0.3, 0.4) is 0 Å². The first-order valence-corrected chi connectivity index (χ1v) is 10.5. The van der Waals surface area contributed by atoms with Gasteiger partial charge in [-0.05, 0) is 25.3 Å². The standard InChI is InChI=1S/C18H24N4OS2/c1-13(16(23)19-12-14-8-4-2-5-9-14)24-18-22-21-17(25-18)20-15-10-6-3-7-11-15/h2,4-5,8-9,13,15H,3,6-7,10-12H2,1H3,(H,19,23)(H,20,21). The molecule has 1 aromatic heterocycles. The van der Waals surface area contributed by atoms with Crippen LogP contribution in [-0.2, 0) is 11.3 Å². The van der Waals surface area contributed by atoms with Crippen LogP contribution < -0.4 is 10.6 Å². The normalized spacial score (nSPS) is 16.4. The number of anilines is 1. The van der Waals surface area contributed by atoms with Crippen molar-refractivity contribution in [1.29, 1.82) is 0 Å². The van der Waals surface area contributed by atoms with Crippen LogP contribution in [0.25, 0.3) is 0 Å². The first-order chi connectivity index (χ1) is 12.2. The highest BCUT2D eigenvalue weighted by Gasteiger charge is 2.19. The van der Waals surface area contributed by atoms with E-state index in [4.69, 9.17) is 0 Å². The van der Waals surface area contributed by atoms with E-state index >= 15 is 0 Å². The van der Waals surface area contributed by atoms with Crippen molar-refractivity contribution >= 4 is 34.1 Å². The second-order valence-corrected chi connectivity index (χ2v) is 8.88. The van der Waals surface area contributed by atoms with Gasteiger partial charge in [-0.15, -0.1) is 10.2 Å². The largest absolute Gasteiger partial charge is 0.357 e. The van der Waals surface area contributed by atoms with E-state index in [2.05, 4.69) is 20.8 Å². The van der Waals surface area contributed by atoms with Gasteiger partial charge in [0.25, 0.3) is 0 Å². The van der Waals surface area contributed by atoms with Gasteiger partial charge < -0.3 is 10.6 Å². The maximum Gasteiger partial charge on any atom is 0.233 e. The van der Waals surface area contributed by atoms with Gasteiger partial charge in [0, 0.05) is 12.6 Å². The predicted octanol–water partition coefficient (Wildman–Crippen LogP) is 4.08. The number of carbonyl (C=O) groups excluding carboxylic acids is 1. The highest BCUT2D eigenvalue weighted by atomic mass is 32.2. The molecule has 0 radical (unpaired) electrons. The number of aromatic nitrogens is 2. The summed E-state index contributed by atoms with van der Waals surface area (Å²) in [7, 11) is 0. The molecular formula is C18H24N4OS2. The van der Waals surface area contributed by atoms with Crippen molar-refractivity contribution in [1.82, 2.24) is 15.5 Å². The summed E-state index contributed by atoms with van der Waals surface area (Å²) in [6.07, 6.45) is 6.33. The molecule has 1 amide bonds. The van der Waals surface area contributed by atoms with Crippen molar-refractivity contribution in [3.63, 3.8) is 0 Å². The van der Waals surface area contributed by atoms with Crippen LogP contribution in [0.4, 0.5) is 5.13 Å². The molecule has 134 valence electrons. The van der Waals surface area contributed by atoms with Crippen molar-refractivity contribution in [2.45, 2.75) is 61.2 Å². The second kappa shape index (κ2) is 9.20. The third-order valence-electron chi connectivity index (χ3n) is 4.30. The van der Waals surface area contributed by atoms with Crippen molar-refractivity contribution in [3.05, 3.63) is 35.9 Å². The minimum Gasteiger partial charge on any atom is -0.357 e. The third-order valence-corrected chi connectivity index (χ3v) is 6.33. The molecule has 2 N–H and O–H groups in total. The molecule has 1 aliphatic carbocycles. The molecule has 0 bridgehead atoms. The zero-order valence-corrected chi connectivity index (χ0v) is 16.0. The number of amides is 1. The zero-order valence-electron chi connectivity index (χ0n) is 14.4. The SMILES string of the molecule is CC(Sc1nnc(NC2CCCCC2)s1)C(=O)NCc1ccccc1. The van der Waals surface area contributed by atoms with Gasteiger partial charge in [-0.25, -0.2) is 0 Å². The summed E-state index contributed by atoms with van der Waals surface area (Å²) in [5, 5.41) is 15.6. The fraction of sp³-hybridized carbons (Fsp3) is 0.500. The fourth-order valence-corrected chi connectivity index (χ4v) is 4.87. The lowest BCUT2D eigenvalue weighted by Gasteiger charge is -2.21. The molecule has 7 heteroatoms. The van der Waals surface area contributed by atoms with Crippen LogP contribution in [0.15, 0.2) is 34.7 Å². The maximum atomic E-state index is 12.3. The Morgan fingerprint density at radius 1 is 1.24 bits per heavy atom. The van der Waals surface area contributed by atoms with Crippen LogP contribution in [0, 0.1) is 0 Å². The van der Waals surface area contributed by atoms with Crippen LogP contribution in [0.1, 0.15) is 44.6 Å². The minimum absolute atomic E-state index is 0.0193. The molecule has 1 heterocycles. The van der Waals surface area contributed by atoms with Gasteiger partial charge in [0.2, 0.25) is 11.0 Å². The summed E-state index contributed by atoms with van der Waals surface area (Å²) in [4.78, 5) is 12.3. The Bertz CT molecular complexity index is 671. The number of hydrogen-bond acceptors (Lipinski definition) is 6. The molecule has 0 spiro atoms. The van der Waals surface area contributed by atoms with Crippen LogP contribution >= 0.6 is 23.1 Å². The number of hydrogen-bond donors (Lipinski definition) is 2. The Morgan fingerprint density at radius 2 is 2.00 bits per heavy atom. The van der Waals surface area contributed by atoms with E-state index in [9.17, 15) is 4.79 Å². The van der Waals surface area contributed by atoms with Crippen molar-refractivity contribution < 1.29 is 4.79 Å². The molecule has 1 saturated carbocycles. The lowest BCUT2D eigenvalue weighted by molar-refractivity contribution is -0.120. The summed E-state index contributed by atoms with van der Waals surface area (Å²) in [6, 6.07) is 10.4. The molecule has 1 aromatic carbocycles. The van der Waals surface area contributed by atoms with Crippen LogP contribution in [0.5, 0.6) is 0 Å². The van der Waals surface area contributed by atoms with E-state index in [0.29, 0.717) is 12.6 Å². The summed E-state index contributed by atoms with van der Waals surface area (Å²) < 4.78 is 0.834. The number of nitrogens with zero attached hydrogens (tertiary/aromatic N) is 2. The van der Waals surface area contributed by atoms with Gasteiger partial charge in [-0.1, -0.05) is 72.7 Å². The fourth-order valence-electron chi connectivity index (χ4n) is 2.87. The maximum absolute atomic E-state index is 12.3. The Labute approximate surface area is 157 Å². The molecular weight excluding hydrogens is 352 g/mol. The first-order valence-electron chi connectivity index (χ1n) is 8.79. The number of rotatable bonds is 7. The monoisotopic (exact) mass is 376 g/mol. The molecule has 5 nitrogen and oxygen atoms in total. The van der Waals surface area contributed by atoms with E-state index < -0.39 is 0 Å². The van der Waals surface area contributed by atoms with Gasteiger partial charge in [-0.2, -0.15) is 0 Å². The second-order valence-electron chi connectivity index (χ2n) is 6.32. The summed E-state index contributed by atoms with van der Waals surface area (Å²) in [5.74, 6) is 0.0193. The van der Waals surface area contributed by atoms with Crippen molar-refractivity contribution in [2.24, 2.45) is 0 Å². The Balaban J connectivity index is 1.45. The summed E-state index contributed by atoms with van der Waals surface area (Å²) >= 11 is 3.00. The third kappa shape index (κ3) is 5.71. The lowest BCUT2D eigenvalue weighted by atomic mass is 9.96. The van der Waals surface area contributed by atoms with E-state index in [1.807, 2.05) is 37.3 Å². The molecule has 25 heavy (non-hydrogen) atoms. The quantitative estimate of drug-likeness (QED) is 0.713. The van der Waals surface area contributed by atoms with E-state index in [-0.39, 0.29) is 11.2 Å². The van der Waals surface area contributed by atoms with Crippen LogP contribution in [-0.4, -0.2) is 27.4 Å². The van der Waals surface area contributed by atoms with Crippen LogP contribution in [0.2, 0.25) is 0 Å². The highest BCUT2D eigenvalue weighted by molar-refractivity contribution is 8.02. The van der Waals surface area contributed by atoms with Gasteiger partial charge in [0.15, 0.2) is 4.34 Å². The van der Waals surface area contributed by atoms with Crippen molar-refractivity contribution in [2.75, 3.05) is 5.32 Å². The summed E-state index contributed by atoms with van der Waals surface area (Å²) in [5.41, 5.74) is 1.10. The van der Waals surface area contributed by atoms with Gasteiger partial charge in [0.1, 0.15) is 0 Å². The molecule has 1 fully saturated rings. The molecule has 1 unspecified atom stereocenters. The average Bonchev–Trinajstić information content (AvgIpc) is 3.08. The van der Waals surface area contributed by atoms with Crippen molar-refractivity contribution in [3.8, 4) is 0 Å². The molecule has 1 atom stereocenters. The molecule has 0 saturated heterocycles. The number of benzene rings is 1. The number of nitrogens with one attached hydrogen (secondary N) is 2. The topological polar surface area (TPSA) is 66.9 Å². The Morgan fingerprint density at radius 3 is 2.76 bits per heavy atom. The van der Waals surface area contributed by atoms with Gasteiger partial charge >= 0.3 is 0 Å². The minimum atomic E-state index is -0.195. The average molecular weight is 377 g/mol. The molecule has 3 rings (SSSR count). The molecule has 0 aliphatic heterocycles. The zero-order chi connectivity index (χ0) is 17.5. The summed E-state index contributed by atoms with van der Waals surface area (Å²) in [6.45, 7) is 2.45. The van der Waals surface area contributed by atoms with E-state index in [1.165, 1.54) is 55.2 Å². The van der Waals surface area contributed by atoms with E-state index in [0.717, 1.165) is 15.0 Å². The number of carbonyl (C=O) groups is 1.